The molecule has 2 aromatic heterocycles. The van der Waals surface area contributed by atoms with Crippen molar-refractivity contribution in [1.82, 2.24) is 20.2 Å². The summed E-state index contributed by atoms with van der Waals surface area (Å²) in [5, 5.41) is 7.09. The number of rotatable bonds is 7. The topological polar surface area (TPSA) is 104 Å². The largest absolute Gasteiger partial charge is 0.367 e. The lowest BCUT2D eigenvalue weighted by Crippen LogP contribution is -2.42. The van der Waals surface area contributed by atoms with Crippen molar-refractivity contribution in [1.29, 1.82) is 0 Å². The van der Waals surface area contributed by atoms with E-state index in [0.717, 1.165) is 54.9 Å². The molecule has 1 atom stereocenters. The molecule has 0 spiro atoms. The number of nitrogens with one attached hydrogen (secondary N) is 2. The van der Waals surface area contributed by atoms with Crippen LogP contribution in [-0.2, 0) is 10.8 Å². The second kappa shape index (κ2) is 12.3. The number of anilines is 1. The summed E-state index contributed by atoms with van der Waals surface area (Å²) in [5.41, 5.74) is 2.53. The standard InChI is InChI=1S/C30H41N5O3S2/c1-19-7-5-6-14-35(19)30(37)26-27(39-29(34-26)28(36)33-22-12-15-40(38)16-13-22)24-18-31-25(17-23(24)20-10-11-20)32-21-8-3-2-4-9-21/h17-22H,2-16H2,1H3,(H,31,32)(H,33,36). The van der Waals surface area contributed by atoms with Crippen LogP contribution in [0.2, 0.25) is 0 Å². The van der Waals surface area contributed by atoms with Gasteiger partial charge in [-0.25, -0.2) is 9.97 Å². The Kier molecular flexibility index (Phi) is 8.53. The van der Waals surface area contributed by atoms with Crippen LogP contribution < -0.4 is 10.6 Å². The van der Waals surface area contributed by atoms with Gasteiger partial charge in [-0.3, -0.25) is 13.8 Å². The van der Waals surface area contributed by atoms with Gasteiger partial charge in [0.2, 0.25) is 0 Å². The summed E-state index contributed by atoms with van der Waals surface area (Å²) in [5.74, 6) is 2.25. The van der Waals surface area contributed by atoms with Crippen molar-refractivity contribution in [3.8, 4) is 10.4 Å². The average molecular weight is 584 g/mol. The SMILES string of the molecule is CC1CCCCN1C(=O)c1nc(C(=O)NC2CCS(=O)CC2)sc1-c1cnc(NC2CCCCC2)cc1C1CC1. The van der Waals surface area contributed by atoms with E-state index in [1.165, 1.54) is 49.0 Å². The molecule has 4 heterocycles. The van der Waals surface area contributed by atoms with Crippen molar-refractivity contribution in [2.45, 2.75) is 108 Å². The number of hydrogen-bond acceptors (Lipinski definition) is 7. The Labute approximate surface area is 243 Å². The lowest BCUT2D eigenvalue weighted by Gasteiger charge is -2.33. The number of aromatic nitrogens is 2. The molecule has 6 rings (SSSR count). The zero-order valence-electron chi connectivity index (χ0n) is 23.5. The highest BCUT2D eigenvalue weighted by Gasteiger charge is 2.34. The third-order valence-electron chi connectivity index (χ3n) is 8.97. The molecule has 40 heavy (non-hydrogen) atoms. The van der Waals surface area contributed by atoms with Gasteiger partial charge in [0.05, 0.1) is 4.88 Å². The Bertz CT molecular complexity index is 1260. The lowest BCUT2D eigenvalue weighted by atomic mass is 9.95. The fourth-order valence-corrected chi connectivity index (χ4v) is 8.68. The molecule has 0 radical (unpaired) electrons. The highest BCUT2D eigenvalue weighted by Crippen LogP contribution is 2.47. The van der Waals surface area contributed by atoms with Crippen molar-refractivity contribution in [3.05, 3.63) is 28.5 Å². The average Bonchev–Trinajstić information content (AvgIpc) is 3.72. The first-order valence-electron chi connectivity index (χ1n) is 15.2. The van der Waals surface area contributed by atoms with Crippen molar-refractivity contribution in [2.24, 2.45) is 0 Å². The van der Waals surface area contributed by atoms with Crippen molar-refractivity contribution < 1.29 is 13.8 Å². The molecule has 2 aliphatic heterocycles. The third kappa shape index (κ3) is 6.27. The monoisotopic (exact) mass is 583 g/mol. The van der Waals surface area contributed by atoms with E-state index < -0.39 is 10.8 Å². The Morgan fingerprint density at radius 3 is 2.45 bits per heavy atom. The number of carbonyl (C=O) groups excluding carboxylic acids is 2. The summed E-state index contributed by atoms with van der Waals surface area (Å²) in [6, 6.07) is 2.79. The Hall–Kier alpha value is -2.33. The first kappa shape index (κ1) is 27.8. The molecule has 2 aromatic rings. The van der Waals surface area contributed by atoms with Crippen LogP contribution >= 0.6 is 11.3 Å². The van der Waals surface area contributed by atoms with Gasteiger partial charge in [0.1, 0.15) is 11.5 Å². The van der Waals surface area contributed by atoms with Crippen molar-refractivity contribution in [3.63, 3.8) is 0 Å². The Balaban J connectivity index is 1.33. The number of likely N-dealkylation sites (tertiary alicyclic amines) is 1. The van der Waals surface area contributed by atoms with Gasteiger partial charge in [0.25, 0.3) is 11.8 Å². The third-order valence-corrected chi connectivity index (χ3v) is 11.4. The van der Waals surface area contributed by atoms with Gasteiger partial charge in [0, 0.05) is 58.7 Å². The second-order valence-electron chi connectivity index (χ2n) is 12.0. The van der Waals surface area contributed by atoms with Gasteiger partial charge in [-0.1, -0.05) is 19.3 Å². The minimum absolute atomic E-state index is 0.00680. The molecule has 0 bridgehead atoms. The number of nitrogens with zero attached hydrogens (tertiary/aromatic N) is 3. The van der Waals surface area contributed by atoms with Gasteiger partial charge in [-0.2, -0.15) is 0 Å². The number of pyridine rings is 1. The maximum absolute atomic E-state index is 14.0. The molecule has 2 aliphatic carbocycles. The Morgan fingerprint density at radius 1 is 0.975 bits per heavy atom. The van der Waals surface area contributed by atoms with Crippen LogP contribution in [0, 0.1) is 0 Å². The van der Waals surface area contributed by atoms with E-state index >= 15 is 0 Å². The molecule has 216 valence electrons. The van der Waals surface area contributed by atoms with Crippen LogP contribution in [0.5, 0.6) is 0 Å². The number of carbonyl (C=O) groups is 2. The zero-order valence-corrected chi connectivity index (χ0v) is 25.1. The molecule has 1 unspecified atom stereocenters. The fraction of sp³-hybridized carbons (Fsp3) is 0.667. The van der Waals surface area contributed by atoms with Crippen LogP contribution in [-0.4, -0.2) is 67.1 Å². The van der Waals surface area contributed by atoms with Gasteiger partial charge >= 0.3 is 0 Å². The van der Waals surface area contributed by atoms with Crippen molar-refractivity contribution >= 4 is 39.8 Å². The number of amides is 2. The highest BCUT2D eigenvalue weighted by atomic mass is 32.2. The van der Waals surface area contributed by atoms with Crippen molar-refractivity contribution in [2.75, 3.05) is 23.4 Å². The van der Waals surface area contributed by atoms with Gasteiger partial charge in [-0.15, -0.1) is 11.3 Å². The van der Waals surface area contributed by atoms with E-state index in [4.69, 9.17) is 9.97 Å². The molecule has 2 saturated carbocycles. The van der Waals surface area contributed by atoms with Crippen LogP contribution in [0.1, 0.15) is 116 Å². The molecule has 2 N–H and O–H groups in total. The van der Waals surface area contributed by atoms with Gasteiger partial charge < -0.3 is 15.5 Å². The highest BCUT2D eigenvalue weighted by molar-refractivity contribution is 7.85. The summed E-state index contributed by atoms with van der Waals surface area (Å²) in [4.78, 5) is 39.6. The molecule has 4 aliphatic rings. The van der Waals surface area contributed by atoms with Crippen LogP contribution in [0.25, 0.3) is 10.4 Å². The summed E-state index contributed by atoms with van der Waals surface area (Å²) in [6.07, 6.45) is 14.9. The molecule has 2 amide bonds. The minimum Gasteiger partial charge on any atom is -0.367 e. The summed E-state index contributed by atoms with van der Waals surface area (Å²) in [7, 11) is -0.790. The van der Waals surface area contributed by atoms with Gasteiger partial charge in [0.15, 0.2) is 5.01 Å². The molecular formula is C30H41N5O3S2. The molecule has 2 saturated heterocycles. The fourth-order valence-electron chi connectivity index (χ4n) is 6.39. The quantitative estimate of drug-likeness (QED) is 0.447. The van der Waals surface area contributed by atoms with E-state index in [0.29, 0.717) is 47.0 Å². The first-order chi connectivity index (χ1) is 19.5. The van der Waals surface area contributed by atoms with E-state index in [1.807, 2.05) is 11.1 Å². The van der Waals surface area contributed by atoms with E-state index in [-0.39, 0.29) is 23.9 Å². The van der Waals surface area contributed by atoms with Crippen LogP contribution in [0.4, 0.5) is 5.82 Å². The predicted molar refractivity (Wildman–Crippen MR) is 161 cm³/mol. The first-order valence-corrected chi connectivity index (χ1v) is 17.5. The van der Waals surface area contributed by atoms with Crippen LogP contribution in [0.3, 0.4) is 0 Å². The molecular weight excluding hydrogens is 542 g/mol. The predicted octanol–water partition coefficient (Wildman–Crippen LogP) is 5.48. The summed E-state index contributed by atoms with van der Waals surface area (Å²) < 4.78 is 11.8. The number of thiazole rings is 1. The summed E-state index contributed by atoms with van der Waals surface area (Å²) in [6.45, 7) is 2.82. The number of hydrogen-bond donors (Lipinski definition) is 2. The smallest absolute Gasteiger partial charge is 0.280 e. The summed E-state index contributed by atoms with van der Waals surface area (Å²) >= 11 is 1.31. The maximum Gasteiger partial charge on any atom is 0.280 e. The molecule has 8 nitrogen and oxygen atoms in total. The maximum atomic E-state index is 14.0. The second-order valence-corrected chi connectivity index (χ2v) is 14.7. The molecule has 0 aromatic carbocycles. The van der Waals surface area contributed by atoms with Crippen LogP contribution in [0.15, 0.2) is 12.3 Å². The van der Waals surface area contributed by atoms with E-state index in [2.05, 4.69) is 23.6 Å². The van der Waals surface area contributed by atoms with E-state index in [9.17, 15) is 13.8 Å². The Morgan fingerprint density at radius 2 is 1.73 bits per heavy atom. The minimum atomic E-state index is -0.790. The van der Waals surface area contributed by atoms with E-state index in [1.54, 1.807) is 0 Å². The molecule has 10 heteroatoms. The zero-order chi connectivity index (χ0) is 27.6. The molecule has 4 fully saturated rings. The number of piperidine rings is 1. The van der Waals surface area contributed by atoms with Gasteiger partial charge in [-0.05, 0) is 82.3 Å². The normalized spacial score (nSPS) is 25.9. The lowest BCUT2D eigenvalue weighted by molar-refractivity contribution is 0.0631.